The summed E-state index contributed by atoms with van der Waals surface area (Å²) in [4.78, 5) is 0.699. The van der Waals surface area contributed by atoms with Gasteiger partial charge in [0.1, 0.15) is 10.6 Å². The third-order valence-corrected chi connectivity index (χ3v) is 2.81. The molecule has 16 heavy (non-hydrogen) atoms. The van der Waals surface area contributed by atoms with Crippen LogP contribution in [0.3, 0.4) is 0 Å². The molecule has 0 amide bonds. The first-order valence-corrected chi connectivity index (χ1v) is 5.99. The summed E-state index contributed by atoms with van der Waals surface area (Å²) in [6.45, 7) is 3.07. The van der Waals surface area contributed by atoms with Crippen molar-refractivity contribution in [2.24, 2.45) is 0 Å². The van der Waals surface area contributed by atoms with Crippen molar-refractivity contribution in [3.05, 3.63) is 36.1 Å². The van der Waals surface area contributed by atoms with E-state index in [0.29, 0.717) is 4.99 Å². The van der Waals surface area contributed by atoms with Crippen LogP contribution in [0.4, 0.5) is 0 Å². The molecule has 0 bridgehead atoms. The van der Waals surface area contributed by atoms with Gasteiger partial charge in [0.15, 0.2) is 5.76 Å². The number of thiocarbonyl (C=S) groups is 1. The summed E-state index contributed by atoms with van der Waals surface area (Å²) < 4.78 is 5.66. The predicted molar refractivity (Wildman–Crippen MR) is 70.8 cm³/mol. The fourth-order valence-electron chi connectivity index (χ4n) is 1.56. The summed E-state index contributed by atoms with van der Waals surface area (Å²) in [6, 6.07) is 9.92. The monoisotopic (exact) mass is 233 g/mol. The molecule has 0 saturated carbocycles. The minimum atomic E-state index is 0.699. The molecule has 1 heterocycles. The van der Waals surface area contributed by atoms with Crippen LogP contribution < -0.4 is 5.32 Å². The van der Waals surface area contributed by atoms with Crippen LogP contribution in [-0.2, 0) is 0 Å². The second-order valence-electron chi connectivity index (χ2n) is 3.76. The van der Waals surface area contributed by atoms with Gasteiger partial charge in [0.25, 0.3) is 0 Å². The maximum absolute atomic E-state index is 5.66. The van der Waals surface area contributed by atoms with E-state index in [1.807, 2.05) is 30.3 Å². The van der Waals surface area contributed by atoms with Gasteiger partial charge in [0, 0.05) is 11.9 Å². The average molecular weight is 233 g/mol. The van der Waals surface area contributed by atoms with Crippen LogP contribution in [0, 0.1) is 0 Å². The number of para-hydroxylation sites is 1. The Hall–Kier alpha value is -1.35. The van der Waals surface area contributed by atoms with Crippen molar-refractivity contribution in [2.75, 3.05) is 6.54 Å². The lowest BCUT2D eigenvalue weighted by atomic mass is 10.2. The van der Waals surface area contributed by atoms with Crippen molar-refractivity contribution < 1.29 is 4.42 Å². The zero-order valence-electron chi connectivity index (χ0n) is 9.32. The number of fused-ring (bicyclic) bond motifs is 1. The van der Waals surface area contributed by atoms with Crippen molar-refractivity contribution >= 4 is 28.2 Å². The van der Waals surface area contributed by atoms with Crippen molar-refractivity contribution in [3.8, 4) is 0 Å². The van der Waals surface area contributed by atoms with E-state index in [0.717, 1.165) is 36.1 Å². The minimum Gasteiger partial charge on any atom is -0.454 e. The van der Waals surface area contributed by atoms with Gasteiger partial charge in [-0.05, 0) is 18.6 Å². The predicted octanol–water partition coefficient (Wildman–Crippen LogP) is 3.50. The highest BCUT2D eigenvalue weighted by Crippen LogP contribution is 2.18. The highest BCUT2D eigenvalue weighted by atomic mass is 32.1. The zero-order valence-corrected chi connectivity index (χ0v) is 10.1. The minimum absolute atomic E-state index is 0.699. The van der Waals surface area contributed by atoms with Crippen LogP contribution in [-0.4, -0.2) is 11.5 Å². The molecule has 0 saturated heterocycles. The highest BCUT2D eigenvalue weighted by Gasteiger charge is 2.07. The van der Waals surface area contributed by atoms with Crippen LogP contribution in [0.25, 0.3) is 11.0 Å². The van der Waals surface area contributed by atoms with Gasteiger partial charge in [-0.3, -0.25) is 0 Å². The summed E-state index contributed by atoms with van der Waals surface area (Å²) in [7, 11) is 0. The molecule has 0 aliphatic rings. The molecule has 0 radical (unpaired) electrons. The highest BCUT2D eigenvalue weighted by molar-refractivity contribution is 7.80. The van der Waals surface area contributed by atoms with Gasteiger partial charge in [0.2, 0.25) is 0 Å². The first-order chi connectivity index (χ1) is 7.81. The second-order valence-corrected chi connectivity index (χ2v) is 4.17. The average Bonchev–Trinajstić information content (AvgIpc) is 2.73. The van der Waals surface area contributed by atoms with Crippen LogP contribution in [0.15, 0.2) is 34.7 Å². The number of furan rings is 1. The molecule has 0 aliphatic carbocycles. The number of hydrogen-bond donors (Lipinski definition) is 1. The van der Waals surface area contributed by atoms with E-state index < -0.39 is 0 Å². The van der Waals surface area contributed by atoms with E-state index >= 15 is 0 Å². The number of rotatable bonds is 4. The molecule has 2 aromatic rings. The summed E-state index contributed by atoms with van der Waals surface area (Å²) in [5, 5.41) is 4.29. The Labute approximate surface area is 101 Å². The molecule has 0 fully saturated rings. The molecule has 0 aliphatic heterocycles. The van der Waals surface area contributed by atoms with Crippen LogP contribution >= 0.6 is 12.2 Å². The molecular weight excluding hydrogens is 218 g/mol. The van der Waals surface area contributed by atoms with Crippen LogP contribution in [0.2, 0.25) is 0 Å². The largest absolute Gasteiger partial charge is 0.454 e. The third kappa shape index (κ3) is 2.42. The maximum Gasteiger partial charge on any atom is 0.162 e. The first-order valence-electron chi connectivity index (χ1n) is 5.58. The van der Waals surface area contributed by atoms with Crippen molar-refractivity contribution in [1.82, 2.24) is 5.32 Å². The van der Waals surface area contributed by atoms with Crippen LogP contribution in [0.5, 0.6) is 0 Å². The van der Waals surface area contributed by atoms with E-state index in [9.17, 15) is 0 Å². The molecule has 1 N–H and O–H groups in total. The van der Waals surface area contributed by atoms with E-state index in [-0.39, 0.29) is 0 Å². The Bertz CT molecular complexity index is 456. The molecule has 1 aromatic carbocycles. The van der Waals surface area contributed by atoms with Crippen molar-refractivity contribution in [1.29, 1.82) is 0 Å². The van der Waals surface area contributed by atoms with E-state index in [1.165, 1.54) is 0 Å². The normalized spacial score (nSPS) is 10.6. The Balaban J connectivity index is 2.11. The summed E-state index contributed by atoms with van der Waals surface area (Å²) in [6.07, 6.45) is 2.29. The fourth-order valence-corrected chi connectivity index (χ4v) is 1.76. The van der Waals surface area contributed by atoms with Gasteiger partial charge in [-0.1, -0.05) is 43.8 Å². The lowest BCUT2D eigenvalue weighted by Gasteiger charge is -2.03. The van der Waals surface area contributed by atoms with Gasteiger partial charge in [-0.15, -0.1) is 0 Å². The Morgan fingerprint density at radius 2 is 2.19 bits per heavy atom. The summed E-state index contributed by atoms with van der Waals surface area (Å²) in [5.74, 6) is 0.757. The number of benzene rings is 1. The van der Waals surface area contributed by atoms with Crippen LogP contribution in [0.1, 0.15) is 25.5 Å². The molecule has 0 atom stereocenters. The Kier molecular flexibility index (Phi) is 3.57. The zero-order chi connectivity index (χ0) is 11.4. The molecule has 84 valence electrons. The van der Waals surface area contributed by atoms with Gasteiger partial charge < -0.3 is 9.73 Å². The molecular formula is C13H15NOS. The molecule has 3 heteroatoms. The second kappa shape index (κ2) is 5.12. The number of nitrogens with one attached hydrogen (secondary N) is 1. The smallest absolute Gasteiger partial charge is 0.162 e. The fraction of sp³-hybridized carbons (Fsp3) is 0.308. The lowest BCUT2D eigenvalue weighted by Crippen LogP contribution is -2.22. The van der Waals surface area contributed by atoms with E-state index in [1.54, 1.807) is 0 Å². The standard InChI is InChI=1S/C13H15NOS/c1-2-3-8-14-13(16)12-9-10-6-4-5-7-11(10)15-12/h4-7,9H,2-3,8H2,1H3,(H,14,16). The van der Waals surface area contributed by atoms with Gasteiger partial charge in [0.05, 0.1) is 0 Å². The molecule has 1 aromatic heterocycles. The van der Waals surface area contributed by atoms with E-state index in [4.69, 9.17) is 16.6 Å². The molecule has 2 rings (SSSR count). The van der Waals surface area contributed by atoms with Gasteiger partial charge in [-0.2, -0.15) is 0 Å². The third-order valence-electron chi connectivity index (χ3n) is 2.47. The number of hydrogen-bond acceptors (Lipinski definition) is 2. The number of unbranched alkanes of at least 4 members (excludes halogenated alkanes) is 1. The lowest BCUT2D eigenvalue weighted by molar-refractivity contribution is 0.600. The SMILES string of the molecule is CCCCNC(=S)c1cc2ccccc2o1. The Morgan fingerprint density at radius 3 is 2.94 bits per heavy atom. The van der Waals surface area contributed by atoms with Gasteiger partial charge in [-0.25, -0.2) is 0 Å². The maximum atomic E-state index is 5.66. The quantitative estimate of drug-likeness (QED) is 0.646. The molecule has 0 unspecified atom stereocenters. The first kappa shape index (κ1) is 11.1. The van der Waals surface area contributed by atoms with Gasteiger partial charge >= 0.3 is 0 Å². The van der Waals surface area contributed by atoms with E-state index in [2.05, 4.69) is 12.2 Å². The van der Waals surface area contributed by atoms with Crippen molar-refractivity contribution in [3.63, 3.8) is 0 Å². The molecule has 0 spiro atoms. The van der Waals surface area contributed by atoms with Crippen molar-refractivity contribution in [2.45, 2.75) is 19.8 Å². The summed E-state index contributed by atoms with van der Waals surface area (Å²) in [5.41, 5.74) is 0.886. The molecule has 2 nitrogen and oxygen atoms in total. The summed E-state index contributed by atoms with van der Waals surface area (Å²) >= 11 is 5.27. The Morgan fingerprint density at radius 1 is 1.38 bits per heavy atom. The topological polar surface area (TPSA) is 25.2 Å².